The molecule has 0 saturated heterocycles. The van der Waals surface area contributed by atoms with Gasteiger partial charge in [-0.15, -0.1) is 0 Å². The Morgan fingerprint density at radius 3 is 2.50 bits per heavy atom. The van der Waals surface area contributed by atoms with Gasteiger partial charge < -0.3 is 10.5 Å². The first-order chi connectivity index (χ1) is 6.50. The Balaban J connectivity index is 2.67. The van der Waals surface area contributed by atoms with Crippen molar-refractivity contribution >= 4 is 0 Å². The third kappa shape index (κ3) is 2.48. The van der Waals surface area contributed by atoms with Crippen LogP contribution in [-0.2, 0) is 4.74 Å². The van der Waals surface area contributed by atoms with Crippen molar-refractivity contribution in [2.24, 2.45) is 17.6 Å². The molecule has 2 nitrogen and oxygen atoms in total. The fourth-order valence-corrected chi connectivity index (χ4v) is 2.67. The monoisotopic (exact) mass is 199 g/mol. The molecule has 0 amide bonds. The minimum atomic E-state index is -0.0410. The van der Waals surface area contributed by atoms with Gasteiger partial charge in [-0.2, -0.15) is 0 Å². The minimum Gasteiger partial charge on any atom is -0.371 e. The molecule has 0 bridgehead atoms. The summed E-state index contributed by atoms with van der Waals surface area (Å²) in [6.45, 7) is 9.47. The number of ether oxygens (including phenoxy) is 1. The van der Waals surface area contributed by atoms with Crippen molar-refractivity contribution in [3.8, 4) is 0 Å². The summed E-state index contributed by atoms with van der Waals surface area (Å²) >= 11 is 0. The number of hydrogen-bond acceptors (Lipinski definition) is 2. The Morgan fingerprint density at radius 1 is 1.43 bits per heavy atom. The van der Waals surface area contributed by atoms with Gasteiger partial charge in [-0.25, -0.2) is 0 Å². The predicted octanol–water partition coefficient (Wildman–Crippen LogP) is 2.57. The second-order valence-corrected chi connectivity index (χ2v) is 5.22. The topological polar surface area (TPSA) is 35.2 Å². The molecule has 1 fully saturated rings. The van der Waals surface area contributed by atoms with Gasteiger partial charge in [0.05, 0.1) is 11.7 Å². The largest absolute Gasteiger partial charge is 0.371 e. The fourth-order valence-electron chi connectivity index (χ4n) is 2.67. The molecule has 0 aliphatic heterocycles. The summed E-state index contributed by atoms with van der Waals surface area (Å²) in [5.41, 5.74) is 5.86. The van der Waals surface area contributed by atoms with Gasteiger partial charge in [0.2, 0.25) is 0 Å². The maximum Gasteiger partial charge on any atom is 0.0833 e. The maximum atomic E-state index is 6.06. The van der Waals surface area contributed by atoms with Gasteiger partial charge in [0.15, 0.2) is 0 Å². The first kappa shape index (κ1) is 12.0. The predicted molar refractivity (Wildman–Crippen MR) is 60.2 cm³/mol. The molecule has 0 aromatic rings. The second kappa shape index (κ2) is 4.63. The van der Waals surface area contributed by atoms with Crippen LogP contribution in [0.5, 0.6) is 0 Å². The summed E-state index contributed by atoms with van der Waals surface area (Å²) in [7, 11) is 0. The average Bonchev–Trinajstić information content (AvgIpc) is 2.10. The highest BCUT2D eigenvalue weighted by Gasteiger charge is 2.40. The van der Waals surface area contributed by atoms with E-state index in [9.17, 15) is 0 Å². The van der Waals surface area contributed by atoms with Gasteiger partial charge in [0.1, 0.15) is 0 Å². The highest BCUT2D eigenvalue weighted by atomic mass is 16.5. The Hall–Kier alpha value is -0.0800. The van der Waals surface area contributed by atoms with Crippen molar-refractivity contribution in [2.45, 2.75) is 58.7 Å². The summed E-state index contributed by atoms with van der Waals surface area (Å²) in [5.74, 6) is 1.43. The lowest BCUT2D eigenvalue weighted by molar-refractivity contribution is -0.131. The van der Waals surface area contributed by atoms with Crippen molar-refractivity contribution in [1.82, 2.24) is 0 Å². The van der Waals surface area contributed by atoms with Crippen molar-refractivity contribution < 1.29 is 4.74 Å². The molecule has 3 atom stereocenters. The van der Waals surface area contributed by atoms with Crippen LogP contribution >= 0.6 is 0 Å². The van der Waals surface area contributed by atoms with Crippen molar-refractivity contribution in [2.75, 3.05) is 6.54 Å². The summed E-state index contributed by atoms with van der Waals surface area (Å²) in [4.78, 5) is 0. The molecule has 1 saturated carbocycles. The van der Waals surface area contributed by atoms with E-state index in [0.717, 1.165) is 12.3 Å². The highest BCUT2D eigenvalue weighted by molar-refractivity contribution is 4.92. The molecule has 0 aromatic carbocycles. The van der Waals surface area contributed by atoms with Crippen LogP contribution in [0, 0.1) is 11.8 Å². The van der Waals surface area contributed by atoms with Crippen LogP contribution in [0.2, 0.25) is 0 Å². The van der Waals surface area contributed by atoms with Crippen LogP contribution in [0.4, 0.5) is 0 Å². The van der Waals surface area contributed by atoms with E-state index in [1.165, 1.54) is 12.8 Å². The first-order valence-electron chi connectivity index (χ1n) is 5.88. The first-order valence-corrected chi connectivity index (χ1v) is 5.88. The van der Waals surface area contributed by atoms with Crippen LogP contribution in [0.25, 0.3) is 0 Å². The van der Waals surface area contributed by atoms with Crippen molar-refractivity contribution in [3.05, 3.63) is 0 Å². The number of nitrogens with two attached hydrogens (primary N) is 1. The molecule has 0 spiro atoms. The highest BCUT2D eigenvalue weighted by Crippen LogP contribution is 2.39. The Kier molecular flexibility index (Phi) is 3.96. The van der Waals surface area contributed by atoms with Crippen molar-refractivity contribution in [1.29, 1.82) is 0 Å². The lowest BCUT2D eigenvalue weighted by atomic mass is 9.72. The minimum absolute atomic E-state index is 0.0410. The lowest BCUT2D eigenvalue weighted by Gasteiger charge is -2.45. The van der Waals surface area contributed by atoms with Crippen LogP contribution in [-0.4, -0.2) is 18.2 Å². The summed E-state index contributed by atoms with van der Waals surface area (Å²) in [6, 6.07) is 0. The lowest BCUT2D eigenvalue weighted by Crippen LogP contribution is -2.50. The maximum absolute atomic E-state index is 6.06. The molecule has 0 heterocycles. The van der Waals surface area contributed by atoms with Crippen LogP contribution in [0.15, 0.2) is 0 Å². The van der Waals surface area contributed by atoms with Gasteiger partial charge >= 0.3 is 0 Å². The average molecular weight is 199 g/mol. The Bertz CT molecular complexity index is 181. The van der Waals surface area contributed by atoms with Gasteiger partial charge in [-0.3, -0.25) is 0 Å². The van der Waals surface area contributed by atoms with Gasteiger partial charge in [0.25, 0.3) is 0 Å². The molecular weight excluding hydrogens is 174 g/mol. The smallest absolute Gasteiger partial charge is 0.0833 e. The third-order valence-electron chi connectivity index (χ3n) is 3.53. The number of hydrogen-bond donors (Lipinski definition) is 1. The SMILES string of the molecule is CC1CCC(CN)(OC(C)C)C(C)C1. The molecule has 1 aliphatic rings. The van der Waals surface area contributed by atoms with E-state index in [1.54, 1.807) is 0 Å². The van der Waals surface area contributed by atoms with E-state index in [0.29, 0.717) is 12.5 Å². The van der Waals surface area contributed by atoms with E-state index in [2.05, 4.69) is 27.7 Å². The molecule has 3 unspecified atom stereocenters. The summed E-state index contributed by atoms with van der Waals surface area (Å²) in [6.07, 6.45) is 3.93. The normalized spacial score (nSPS) is 39.0. The molecule has 1 aliphatic carbocycles. The van der Waals surface area contributed by atoms with E-state index in [1.807, 2.05) is 0 Å². The van der Waals surface area contributed by atoms with E-state index in [4.69, 9.17) is 10.5 Å². The summed E-state index contributed by atoms with van der Waals surface area (Å²) in [5, 5.41) is 0. The Labute approximate surface area is 88.2 Å². The van der Waals surface area contributed by atoms with Crippen LogP contribution < -0.4 is 5.73 Å². The van der Waals surface area contributed by atoms with Crippen LogP contribution in [0.1, 0.15) is 47.0 Å². The van der Waals surface area contributed by atoms with Gasteiger partial charge in [-0.1, -0.05) is 13.8 Å². The second-order valence-electron chi connectivity index (χ2n) is 5.22. The zero-order valence-corrected chi connectivity index (χ0v) is 10.0. The Morgan fingerprint density at radius 2 is 2.07 bits per heavy atom. The molecule has 84 valence electrons. The molecular formula is C12H25NO. The molecule has 1 rings (SSSR count). The van der Waals surface area contributed by atoms with Gasteiger partial charge in [-0.05, 0) is 44.9 Å². The summed E-state index contributed by atoms with van der Waals surface area (Å²) < 4.78 is 6.06. The van der Waals surface area contributed by atoms with Crippen molar-refractivity contribution in [3.63, 3.8) is 0 Å². The van der Waals surface area contributed by atoms with E-state index >= 15 is 0 Å². The third-order valence-corrected chi connectivity index (χ3v) is 3.53. The zero-order chi connectivity index (χ0) is 10.8. The van der Waals surface area contributed by atoms with Gasteiger partial charge in [0, 0.05) is 6.54 Å². The zero-order valence-electron chi connectivity index (χ0n) is 10.0. The molecule has 0 radical (unpaired) electrons. The molecule has 0 aromatic heterocycles. The molecule has 2 N–H and O–H groups in total. The van der Waals surface area contributed by atoms with E-state index < -0.39 is 0 Å². The molecule has 2 heteroatoms. The molecule has 14 heavy (non-hydrogen) atoms. The quantitative estimate of drug-likeness (QED) is 0.758. The van der Waals surface area contributed by atoms with Crippen LogP contribution in [0.3, 0.4) is 0 Å². The number of rotatable bonds is 3. The van der Waals surface area contributed by atoms with E-state index in [-0.39, 0.29) is 11.7 Å². The fraction of sp³-hybridized carbons (Fsp3) is 1.00. The standard InChI is InChI=1S/C12H25NO/c1-9(2)14-12(8-13)6-5-10(3)7-11(12)4/h9-11H,5-8,13H2,1-4H3.